The monoisotopic (exact) mass is 268 g/mol. The van der Waals surface area contributed by atoms with Crippen LogP contribution in [0, 0.1) is 11.8 Å². The smallest absolute Gasteiger partial charge is 0.0507 e. The third-order valence-corrected chi connectivity index (χ3v) is 5.55. The molecule has 3 heteroatoms. The van der Waals surface area contributed by atoms with E-state index in [4.69, 9.17) is 10.5 Å². The van der Waals surface area contributed by atoms with Crippen LogP contribution in [0.4, 0.5) is 0 Å². The Labute approximate surface area is 118 Å². The van der Waals surface area contributed by atoms with Crippen molar-refractivity contribution in [3.63, 3.8) is 0 Å². The average Bonchev–Trinajstić information content (AvgIpc) is 2.98. The van der Waals surface area contributed by atoms with Crippen LogP contribution < -0.4 is 5.73 Å². The van der Waals surface area contributed by atoms with Crippen LogP contribution in [0.15, 0.2) is 0 Å². The number of ether oxygens (including phenoxy) is 1. The average molecular weight is 268 g/mol. The standard InChI is InChI=1S/C16H32N2O/c1-3-14-5-8-16(13-17,9-6-14)18(4-2)11-15-7-10-19-12-15/h14-15H,3-13,17H2,1-2H3. The minimum Gasteiger partial charge on any atom is -0.381 e. The molecule has 2 rings (SSSR count). The lowest BCUT2D eigenvalue weighted by Gasteiger charge is -2.48. The third kappa shape index (κ3) is 3.50. The predicted octanol–water partition coefficient (Wildman–Crippen LogP) is 2.64. The largest absolute Gasteiger partial charge is 0.381 e. The van der Waals surface area contributed by atoms with Gasteiger partial charge < -0.3 is 10.5 Å². The van der Waals surface area contributed by atoms with Crippen molar-refractivity contribution in [1.29, 1.82) is 0 Å². The van der Waals surface area contributed by atoms with E-state index in [1.165, 1.54) is 45.1 Å². The van der Waals surface area contributed by atoms with Crippen LogP contribution in [0.1, 0.15) is 52.4 Å². The fraction of sp³-hybridized carbons (Fsp3) is 1.00. The first-order chi connectivity index (χ1) is 9.24. The Morgan fingerprint density at radius 2 is 1.89 bits per heavy atom. The minimum atomic E-state index is 0.281. The topological polar surface area (TPSA) is 38.5 Å². The molecule has 1 atom stereocenters. The molecule has 0 radical (unpaired) electrons. The van der Waals surface area contributed by atoms with Gasteiger partial charge in [0.05, 0.1) is 6.61 Å². The van der Waals surface area contributed by atoms with E-state index in [9.17, 15) is 0 Å². The number of nitrogens with zero attached hydrogens (tertiary/aromatic N) is 1. The summed E-state index contributed by atoms with van der Waals surface area (Å²) in [6, 6.07) is 0. The van der Waals surface area contributed by atoms with E-state index >= 15 is 0 Å². The van der Waals surface area contributed by atoms with E-state index in [2.05, 4.69) is 18.7 Å². The highest BCUT2D eigenvalue weighted by Gasteiger charge is 2.39. The summed E-state index contributed by atoms with van der Waals surface area (Å²) in [4.78, 5) is 2.68. The van der Waals surface area contributed by atoms with Gasteiger partial charge >= 0.3 is 0 Å². The van der Waals surface area contributed by atoms with Crippen molar-refractivity contribution in [2.75, 3.05) is 32.8 Å². The zero-order valence-corrected chi connectivity index (χ0v) is 12.9. The van der Waals surface area contributed by atoms with Gasteiger partial charge in [-0.15, -0.1) is 0 Å². The van der Waals surface area contributed by atoms with Crippen LogP contribution in [0.2, 0.25) is 0 Å². The third-order valence-electron chi connectivity index (χ3n) is 5.55. The predicted molar refractivity (Wildman–Crippen MR) is 80.2 cm³/mol. The Bertz CT molecular complexity index is 255. The molecular weight excluding hydrogens is 236 g/mol. The molecule has 0 aromatic heterocycles. The number of hydrogen-bond donors (Lipinski definition) is 1. The van der Waals surface area contributed by atoms with E-state index < -0.39 is 0 Å². The van der Waals surface area contributed by atoms with E-state index in [-0.39, 0.29) is 5.54 Å². The molecule has 1 aliphatic heterocycles. The van der Waals surface area contributed by atoms with Gasteiger partial charge in [0.25, 0.3) is 0 Å². The highest BCUT2D eigenvalue weighted by Crippen LogP contribution is 2.37. The van der Waals surface area contributed by atoms with Crippen LogP contribution in [0.25, 0.3) is 0 Å². The lowest BCUT2D eigenvalue weighted by molar-refractivity contribution is 0.0314. The van der Waals surface area contributed by atoms with Crippen molar-refractivity contribution < 1.29 is 4.74 Å². The van der Waals surface area contributed by atoms with Crippen molar-refractivity contribution in [3.8, 4) is 0 Å². The molecule has 1 saturated heterocycles. The maximum atomic E-state index is 6.20. The molecule has 0 aromatic carbocycles. The first-order valence-corrected chi connectivity index (χ1v) is 8.27. The van der Waals surface area contributed by atoms with Crippen molar-refractivity contribution >= 4 is 0 Å². The zero-order chi connectivity index (χ0) is 13.7. The SMILES string of the molecule is CCC1CCC(CN)(N(CC)CC2CCOC2)CC1. The van der Waals surface area contributed by atoms with E-state index in [0.29, 0.717) is 0 Å². The Morgan fingerprint density at radius 3 is 2.37 bits per heavy atom. The Hall–Kier alpha value is -0.120. The molecule has 0 bridgehead atoms. The van der Waals surface area contributed by atoms with Gasteiger partial charge in [0.1, 0.15) is 0 Å². The highest BCUT2D eigenvalue weighted by molar-refractivity contribution is 4.96. The molecule has 3 nitrogen and oxygen atoms in total. The summed E-state index contributed by atoms with van der Waals surface area (Å²) < 4.78 is 5.53. The summed E-state index contributed by atoms with van der Waals surface area (Å²) >= 11 is 0. The summed E-state index contributed by atoms with van der Waals surface area (Å²) in [6.45, 7) is 9.66. The molecule has 2 N–H and O–H groups in total. The van der Waals surface area contributed by atoms with Gasteiger partial charge in [0.15, 0.2) is 0 Å². The van der Waals surface area contributed by atoms with Gasteiger partial charge in [-0.05, 0) is 50.5 Å². The normalized spacial score (nSPS) is 36.0. The number of rotatable bonds is 6. The van der Waals surface area contributed by atoms with Crippen LogP contribution in [-0.2, 0) is 4.74 Å². The van der Waals surface area contributed by atoms with Gasteiger partial charge in [0, 0.05) is 25.2 Å². The molecule has 1 unspecified atom stereocenters. The van der Waals surface area contributed by atoms with Crippen LogP contribution in [0.5, 0.6) is 0 Å². The highest BCUT2D eigenvalue weighted by atomic mass is 16.5. The van der Waals surface area contributed by atoms with Gasteiger partial charge in [-0.25, -0.2) is 0 Å². The summed E-state index contributed by atoms with van der Waals surface area (Å²) in [5.74, 6) is 1.67. The number of nitrogens with two attached hydrogens (primary N) is 1. The molecular formula is C16H32N2O. The minimum absolute atomic E-state index is 0.281. The lowest BCUT2D eigenvalue weighted by atomic mass is 9.74. The van der Waals surface area contributed by atoms with E-state index in [1.807, 2.05) is 0 Å². The second kappa shape index (κ2) is 7.05. The molecule has 112 valence electrons. The number of likely N-dealkylation sites (N-methyl/N-ethyl adjacent to an activating group) is 1. The molecule has 2 aliphatic rings. The molecule has 0 amide bonds. The fourth-order valence-electron chi connectivity index (χ4n) is 3.97. The van der Waals surface area contributed by atoms with Crippen molar-refractivity contribution in [2.45, 2.75) is 57.9 Å². The van der Waals surface area contributed by atoms with Crippen molar-refractivity contribution in [1.82, 2.24) is 4.90 Å². The fourth-order valence-corrected chi connectivity index (χ4v) is 3.97. The first kappa shape index (κ1) is 15.3. The van der Waals surface area contributed by atoms with Gasteiger partial charge in [0.2, 0.25) is 0 Å². The molecule has 1 saturated carbocycles. The lowest BCUT2D eigenvalue weighted by Crippen LogP contribution is -2.57. The molecule has 19 heavy (non-hydrogen) atoms. The second-order valence-corrected chi connectivity index (χ2v) is 6.55. The summed E-state index contributed by atoms with van der Waals surface area (Å²) in [7, 11) is 0. The summed E-state index contributed by atoms with van der Waals surface area (Å²) in [5, 5.41) is 0. The first-order valence-electron chi connectivity index (χ1n) is 8.27. The van der Waals surface area contributed by atoms with Gasteiger partial charge in [-0.1, -0.05) is 20.3 Å². The van der Waals surface area contributed by atoms with Gasteiger partial charge in [-0.2, -0.15) is 0 Å². The maximum Gasteiger partial charge on any atom is 0.0507 e. The van der Waals surface area contributed by atoms with Gasteiger partial charge in [-0.3, -0.25) is 4.90 Å². The van der Waals surface area contributed by atoms with Crippen LogP contribution in [0.3, 0.4) is 0 Å². The van der Waals surface area contributed by atoms with Crippen molar-refractivity contribution in [3.05, 3.63) is 0 Å². The zero-order valence-electron chi connectivity index (χ0n) is 12.9. The van der Waals surface area contributed by atoms with Crippen LogP contribution >= 0.6 is 0 Å². The molecule has 2 fully saturated rings. The molecule has 1 heterocycles. The second-order valence-electron chi connectivity index (χ2n) is 6.55. The quantitative estimate of drug-likeness (QED) is 0.805. The summed E-state index contributed by atoms with van der Waals surface area (Å²) in [5.41, 5.74) is 6.48. The van der Waals surface area contributed by atoms with Crippen molar-refractivity contribution in [2.24, 2.45) is 17.6 Å². The Balaban J connectivity index is 1.96. The Morgan fingerprint density at radius 1 is 1.16 bits per heavy atom. The molecule has 0 aromatic rings. The molecule has 0 spiro atoms. The summed E-state index contributed by atoms with van der Waals surface area (Å²) in [6.07, 6.45) is 7.89. The van der Waals surface area contributed by atoms with E-state index in [0.717, 1.165) is 38.1 Å². The molecule has 1 aliphatic carbocycles. The number of hydrogen-bond acceptors (Lipinski definition) is 3. The maximum absolute atomic E-state index is 6.20. The van der Waals surface area contributed by atoms with Crippen LogP contribution in [-0.4, -0.2) is 43.3 Å². The van der Waals surface area contributed by atoms with E-state index in [1.54, 1.807) is 0 Å². The Kier molecular flexibility index (Phi) is 5.67.